The second kappa shape index (κ2) is 11.3. The molecule has 2 aromatic carbocycles. The number of nitrogens with one attached hydrogen (secondary N) is 1. The van der Waals surface area contributed by atoms with Crippen LogP contribution in [0.1, 0.15) is 24.0 Å². The quantitative estimate of drug-likeness (QED) is 0.701. The highest BCUT2D eigenvalue weighted by Gasteiger charge is 2.43. The Kier molecular flexibility index (Phi) is 7.96. The third-order valence-corrected chi connectivity index (χ3v) is 6.66. The Bertz CT molecular complexity index is 892. The average Bonchev–Trinajstić information content (AvgIpc) is 2.89. The summed E-state index contributed by atoms with van der Waals surface area (Å²) in [6.07, 6.45) is 0.815. The van der Waals surface area contributed by atoms with Gasteiger partial charge in [0.25, 0.3) is 0 Å². The number of morpholine rings is 1. The largest absolute Gasteiger partial charge is 0.445 e. The van der Waals surface area contributed by atoms with E-state index in [1.54, 1.807) is 4.90 Å². The summed E-state index contributed by atoms with van der Waals surface area (Å²) in [5, 5.41) is 3.17. The number of benzene rings is 2. The third kappa shape index (κ3) is 5.92. The highest BCUT2D eigenvalue weighted by Crippen LogP contribution is 2.36. The number of ether oxygens (including phenoxy) is 2. The van der Waals surface area contributed by atoms with Gasteiger partial charge in [-0.05, 0) is 24.0 Å². The van der Waals surface area contributed by atoms with Gasteiger partial charge in [-0.15, -0.1) is 0 Å². The highest BCUT2D eigenvalue weighted by molar-refractivity contribution is 5.88. The second-order valence-corrected chi connectivity index (χ2v) is 8.69. The first-order chi connectivity index (χ1) is 16.2. The van der Waals surface area contributed by atoms with Gasteiger partial charge in [-0.3, -0.25) is 9.69 Å². The molecule has 0 spiro atoms. The molecule has 2 aliphatic rings. The molecule has 0 aromatic heterocycles. The van der Waals surface area contributed by atoms with Crippen molar-refractivity contribution in [2.75, 3.05) is 52.5 Å². The molecule has 0 bridgehead atoms. The number of amides is 2. The zero-order valence-electron chi connectivity index (χ0n) is 19.1. The normalized spacial score (nSPS) is 18.5. The molecule has 2 fully saturated rings. The molecule has 1 N–H and O–H groups in total. The van der Waals surface area contributed by atoms with Crippen molar-refractivity contribution >= 4 is 12.0 Å². The lowest BCUT2D eigenvalue weighted by Gasteiger charge is -2.40. The fourth-order valence-corrected chi connectivity index (χ4v) is 4.61. The van der Waals surface area contributed by atoms with Gasteiger partial charge in [0, 0.05) is 39.3 Å². The molecule has 2 aliphatic heterocycles. The van der Waals surface area contributed by atoms with Crippen molar-refractivity contribution in [2.24, 2.45) is 0 Å². The lowest BCUT2D eigenvalue weighted by atomic mass is 9.72. The zero-order chi connectivity index (χ0) is 22.9. The second-order valence-electron chi connectivity index (χ2n) is 8.69. The van der Waals surface area contributed by atoms with Crippen LogP contribution in [0.2, 0.25) is 0 Å². The molecule has 0 radical (unpaired) electrons. The maximum Gasteiger partial charge on any atom is 0.410 e. The van der Waals surface area contributed by atoms with Crippen LogP contribution in [-0.4, -0.2) is 74.3 Å². The van der Waals surface area contributed by atoms with Gasteiger partial charge in [0.2, 0.25) is 5.91 Å². The van der Waals surface area contributed by atoms with Gasteiger partial charge in [-0.2, -0.15) is 0 Å². The molecule has 2 heterocycles. The Morgan fingerprint density at radius 2 is 1.55 bits per heavy atom. The zero-order valence-corrected chi connectivity index (χ0v) is 19.1. The lowest BCUT2D eigenvalue weighted by molar-refractivity contribution is -0.128. The molecular formula is C26H33N3O4. The molecule has 7 heteroatoms. The Morgan fingerprint density at radius 3 is 2.21 bits per heavy atom. The molecule has 0 atom stereocenters. The summed E-state index contributed by atoms with van der Waals surface area (Å²) in [7, 11) is 0. The van der Waals surface area contributed by atoms with Gasteiger partial charge in [-0.25, -0.2) is 4.79 Å². The minimum atomic E-state index is -0.636. The van der Waals surface area contributed by atoms with Gasteiger partial charge >= 0.3 is 6.09 Å². The Labute approximate surface area is 195 Å². The number of likely N-dealkylation sites (tertiary alicyclic amines) is 1. The number of hydrogen-bond donors (Lipinski definition) is 1. The number of carbonyl (C=O) groups excluding carboxylic acids is 2. The molecule has 4 rings (SSSR count). The number of hydrogen-bond acceptors (Lipinski definition) is 5. The van der Waals surface area contributed by atoms with Crippen LogP contribution in [0, 0.1) is 0 Å². The summed E-state index contributed by atoms with van der Waals surface area (Å²) in [6.45, 7) is 5.95. The number of nitrogens with zero attached hydrogens (tertiary/aromatic N) is 2. The maximum atomic E-state index is 13.5. The summed E-state index contributed by atoms with van der Waals surface area (Å²) in [4.78, 5) is 30.1. The molecule has 0 unspecified atom stereocenters. The first-order valence-corrected chi connectivity index (χ1v) is 11.8. The van der Waals surface area contributed by atoms with Crippen molar-refractivity contribution in [3.8, 4) is 0 Å². The standard InChI is InChI=1S/C26H33N3O4/c30-24(27-13-16-28-17-19-32-20-18-28)26(23-9-5-2-6-10-23)11-14-29(15-12-26)25(31)33-21-22-7-3-1-4-8-22/h1-10H,11-21H2,(H,27,30). The minimum Gasteiger partial charge on any atom is -0.445 e. The van der Waals surface area contributed by atoms with Crippen LogP contribution in [0.5, 0.6) is 0 Å². The van der Waals surface area contributed by atoms with Crippen molar-refractivity contribution in [1.82, 2.24) is 15.1 Å². The van der Waals surface area contributed by atoms with Gasteiger partial charge in [0.05, 0.1) is 18.6 Å². The van der Waals surface area contributed by atoms with E-state index in [9.17, 15) is 9.59 Å². The predicted molar refractivity (Wildman–Crippen MR) is 126 cm³/mol. The van der Waals surface area contributed by atoms with Crippen LogP contribution in [0.15, 0.2) is 60.7 Å². The Morgan fingerprint density at radius 1 is 0.909 bits per heavy atom. The molecule has 176 valence electrons. The van der Waals surface area contributed by atoms with Gasteiger partial charge in [0.1, 0.15) is 6.61 Å². The van der Waals surface area contributed by atoms with Crippen LogP contribution in [0.3, 0.4) is 0 Å². The van der Waals surface area contributed by atoms with Crippen molar-refractivity contribution in [1.29, 1.82) is 0 Å². The van der Waals surface area contributed by atoms with Crippen LogP contribution >= 0.6 is 0 Å². The Hall–Kier alpha value is -2.90. The summed E-state index contributed by atoms with van der Waals surface area (Å²) < 4.78 is 10.9. The van der Waals surface area contributed by atoms with Gasteiger partial charge in [-0.1, -0.05) is 60.7 Å². The molecule has 0 aliphatic carbocycles. The summed E-state index contributed by atoms with van der Waals surface area (Å²) >= 11 is 0. The fraction of sp³-hybridized carbons (Fsp3) is 0.462. The SMILES string of the molecule is O=C(OCc1ccccc1)N1CCC(C(=O)NCCN2CCOCC2)(c2ccccc2)CC1. The third-order valence-electron chi connectivity index (χ3n) is 6.66. The van der Waals surface area contributed by atoms with Crippen LogP contribution in [0.4, 0.5) is 4.79 Å². The van der Waals surface area contributed by atoms with Crippen molar-refractivity contribution in [3.63, 3.8) is 0 Å². The summed E-state index contributed by atoms with van der Waals surface area (Å²) in [6, 6.07) is 19.6. The number of piperidine rings is 1. The van der Waals surface area contributed by atoms with E-state index in [0.717, 1.165) is 44.0 Å². The molecule has 33 heavy (non-hydrogen) atoms. The summed E-state index contributed by atoms with van der Waals surface area (Å²) in [5.41, 5.74) is 1.33. The monoisotopic (exact) mass is 451 g/mol. The summed E-state index contributed by atoms with van der Waals surface area (Å²) in [5.74, 6) is 0.0410. The fourth-order valence-electron chi connectivity index (χ4n) is 4.61. The molecule has 7 nitrogen and oxygen atoms in total. The van der Waals surface area contributed by atoms with E-state index in [4.69, 9.17) is 9.47 Å². The lowest BCUT2D eigenvalue weighted by Crippen LogP contribution is -2.54. The van der Waals surface area contributed by atoms with Crippen LogP contribution in [0.25, 0.3) is 0 Å². The molecule has 0 saturated carbocycles. The van der Waals surface area contributed by atoms with E-state index in [-0.39, 0.29) is 18.6 Å². The van der Waals surface area contributed by atoms with E-state index in [0.29, 0.717) is 32.5 Å². The number of carbonyl (C=O) groups is 2. The van der Waals surface area contributed by atoms with Crippen LogP contribution < -0.4 is 5.32 Å². The maximum absolute atomic E-state index is 13.5. The smallest absolute Gasteiger partial charge is 0.410 e. The van der Waals surface area contributed by atoms with Gasteiger partial charge < -0.3 is 19.7 Å². The first kappa shape index (κ1) is 23.3. The van der Waals surface area contributed by atoms with Gasteiger partial charge in [0.15, 0.2) is 0 Å². The van der Waals surface area contributed by atoms with E-state index < -0.39 is 5.41 Å². The van der Waals surface area contributed by atoms with E-state index >= 15 is 0 Å². The highest BCUT2D eigenvalue weighted by atomic mass is 16.6. The van der Waals surface area contributed by atoms with Crippen molar-refractivity contribution < 1.29 is 19.1 Å². The van der Waals surface area contributed by atoms with Crippen LogP contribution in [-0.2, 0) is 26.3 Å². The minimum absolute atomic E-state index is 0.0410. The topological polar surface area (TPSA) is 71.1 Å². The van der Waals surface area contributed by atoms with Crippen molar-refractivity contribution in [2.45, 2.75) is 24.9 Å². The van der Waals surface area contributed by atoms with Crippen molar-refractivity contribution in [3.05, 3.63) is 71.8 Å². The van der Waals surface area contributed by atoms with E-state index in [1.807, 2.05) is 60.7 Å². The molecule has 2 aromatic rings. The first-order valence-electron chi connectivity index (χ1n) is 11.8. The molecular weight excluding hydrogens is 418 g/mol. The van der Waals surface area contributed by atoms with E-state index in [1.165, 1.54) is 0 Å². The predicted octanol–water partition coefficient (Wildman–Crippen LogP) is 2.81. The Balaban J connectivity index is 1.35. The number of rotatable bonds is 7. The molecule has 2 amide bonds. The molecule has 2 saturated heterocycles. The average molecular weight is 452 g/mol. The van der Waals surface area contributed by atoms with E-state index in [2.05, 4.69) is 10.2 Å².